The number of hydrogen-bond acceptors (Lipinski definition) is 2. The molecule has 0 radical (unpaired) electrons. The smallest absolute Gasteiger partial charge is 0.115 e. The first-order valence-electron chi connectivity index (χ1n) is 3.74. The largest absolute Gasteiger partial charge is 0.508 e. The molecule has 1 N–H and O–H groups in total. The second-order valence-corrected chi connectivity index (χ2v) is 3.89. The summed E-state index contributed by atoms with van der Waals surface area (Å²) in [5.74, 6) is 2.89. The van der Waals surface area contributed by atoms with Crippen molar-refractivity contribution in [2.24, 2.45) is 0 Å². The van der Waals surface area contributed by atoms with Gasteiger partial charge in [-0.25, -0.2) is 0 Å². The van der Waals surface area contributed by atoms with Gasteiger partial charge in [0.15, 0.2) is 0 Å². The lowest BCUT2D eigenvalue weighted by molar-refractivity contribution is 0.475. The normalized spacial score (nSPS) is 10.1. The van der Waals surface area contributed by atoms with Crippen molar-refractivity contribution in [2.45, 2.75) is 5.75 Å². The summed E-state index contributed by atoms with van der Waals surface area (Å²) in [6.45, 7) is 0. The van der Waals surface area contributed by atoms with Gasteiger partial charge in [0.1, 0.15) is 5.75 Å². The molecule has 1 rings (SSSR count). The predicted octanol–water partition coefficient (Wildman–Crippen LogP) is 2.86. The fourth-order valence-corrected chi connectivity index (χ4v) is 1.89. The molecule has 0 spiro atoms. The highest BCUT2D eigenvalue weighted by Crippen LogP contribution is 2.16. The van der Waals surface area contributed by atoms with Crippen molar-refractivity contribution in [3.05, 3.63) is 29.8 Å². The van der Waals surface area contributed by atoms with Gasteiger partial charge in [-0.05, 0) is 17.7 Å². The van der Waals surface area contributed by atoms with Crippen LogP contribution in [0.5, 0.6) is 5.75 Å². The van der Waals surface area contributed by atoms with E-state index in [1.165, 1.54) is 0 Å². The van der Waals surface area contributed by atoms with E-state index in [0.717, 1.165) is 17.1 Å². The minimum atomic E-state index is 0.332. The van der Waals surface area contributed by atoms with Crippen LogP contribution >= 0.6 is 23.4 Å². The van der Waals surface area contributed by atoms with Gasteiger partial charge in [0.25, 0.3) is 0 Å². The van der Waals surface area contributed by atoms with Gasteiger partial charge in [0.2, 0.25) is 0 Å². The average molecular weight is 203 g/mol. The molecular formula is C9H11ClOS. The molecule has 0 bridgehead atoms. The maximum atomic E-state index is 9.13. The first kappa shape index (κ1) is 9.75. The van der Waals surface area contributed by atoms with Gasteiger partial charge in [-0.15, -0.1) is 11.6 Å². The molecule has 0 aliphatic heterocycles. The molecule has 1 aromatic carbocycles. The maximum Gasteiger partial charge on any atom is 0.115 e. The van der Waals surface area contributed by atoms with Crippen LogP contribution < -0.4 is 0 Å². The molecule has 12 heavy (non-hydrogen) atoms. The summed E-state index contributed by atoms with van der Waals surface area (Å²) in [5, 5.41) is 9.13. The Bertz CT molecular complexity index is 240. The molecule has 0 aliphatic carbocycles. The van der Waals surface area contributed by atoms with Gasteiger partial charge in [0, 0.05) is 17.4 Å². The van der Waals surface area contributed by atoms with Crippen LogP contribution in [0.2, 0.25) is 0 Å². The summed E-state index contributed by atoms with van der Waals surface area (Å²) < 4.78 is 0. The van der Waals surface area contributed by atoms with Crippen molar-refractivity contribution < 1.29 is 5.11 Å². The lowest BCUT2D eigenvalue weighted by Crippen LogP contribution is -1.83. The van der Waals surface area contributed by atoms with Crippen molar-refractivity contribution in [3.8, 4) is 5.75 Å². The van der Waals surface area contributed by atoms with Crippen LogP contribution in [0, 0.1) is 0 Å². The van der Waals surface area contributed by atoms with Gasteiger partial charge in [-0.2, -0.15) is 11.8 Å². The molecular weight excluding hydrogens is 192 g/mol. The van der Waals surface area contributed by atoms with Gasteiger partial charge < -0.3 is 5.11 Å². The zero-order valence-electron chi connectivity index (χ0n) is 6.66. The molecule has 0 heterocycles. The zero-order chi connectivity index (χ0) is 8.81. The number of thioether (sulfide) groups is 1. The average Bonchev–Trinajstić information content (AvgIpc) is 2.05. The fourth-order valence-electron chi connectivity index (χ4n) is 0.891. The SMILES string of the molecule is Oc1cccc(CSCCCl)c1. The van der Waals surface area contributed by atoms with E-state index in [9.17, 15) is 0 Å². The number of halogens is 1. The van der Waals surface area contributed by atoms with Crippen molar-refractivity contribution in [2.75, 3.05) is 11.6 Å². The van der Waals surface area contributed by atoms with E-state index in [1.54, 1.807) is 23.9 Å². The molecule has 0 saturated carbocycles. The highest BCUT2D eigenvalue weighted by atomic mass is 35.5. The highest BCUT2D eigenvalue weighted by molar-refractivity contribution is 7.98. The van der Waals surface area contributed by atoms with Crippen LogP contribution in [0.3, 0.4) is 0 Å². The van der Waals surface area contributed by atoms with E-state index in [4.69, 9.17) is 16.7 Å². The van der Waals surface area contributed by atoms with E-state index < -0.39 is 0 Å². The molecule has 1 aromatic rings. The Labute approximate surface area is 81.7 Å². The summed E-state index contributed by atoms with van der Waals surface area (Å²) >= 11 is 7.30. The number of aromatic hydroxyl groups is 1. The molecule has 1 nitrogen and oxygen atoms in total. The predicted molar refractivity (Wildman–Crippen MR) is 55.0 cm³/mol. The Balaban J connectivity index is 2.41. The van der Waals surface area contributed by atoms with Crippen LogP contribution in [-0.2, 0) is 5.75 Å². The maximum absolute atomic E-state index is 9.13. The third-order valence-electron chi connectivity index (χ3n) is 1.40. The van der Waals surface area contributed by atoms with E-state index >= 15 is 0 Å². The lowest BCUT2D eigenvalue weighted by Gasteiger charge is -1.99. The van der Waals surface area contributed by atoms with Crippen LogP contribution in [0.1, 0.15) is 5.56 Å². The Morgan fingerprint density at radius 2 is 2.25 bits per heavy atom. The standard InChI is InChI=1S/C9H11ClOS/c10-4-5-12-7-8-2-1-3-9(11)6-8/h1-3,6,11H,4-5,7H2. The van der Waals surface area contributed by atoms with Crippen molar-refractivity contribution in [3.63, 3.8) is 0 Å². The summed E-state index contributed by atoms with van der Waals surface area (Å²) in [6.07, 6.45) is 0. The number of phenolic OH excluding ortho intramolecular Hbond substituents is 1. The minimum Gasteiger partial charge on any atom is -0.508 e. The molecule has 0 atom stereocenters. The molecule has 0 amide bonds. The van der Waals surface area contributed by atoms with Crippen LogP contribution in [0.25, 0.3) is 0 Å². The van der Waals surface area contributed by atoms with Gasteiger partial charge in [-0.3, -0.25) is 0 Å². The van der Waals surface area contributed by atoms with Crippen molar-refractivity contribution in [1.82, 2.24) is 0 Å². The fraction of sp³-hybridized carbons (Fsp3) is 0.333. The van der Waals surface area contributed by atoms with Gasteiger partial charge in [-0.1, -0.05) is 12.1 Å². The molecule has 0 aliphatic rings. The summed E-state index contributed by atoms with van der Waals surface area (Å²) in [7, 11) is 0. The summed E-state index contributed by atoms with van der Waals surface area (Å²) in [4.78, 5) is 0. The van der Waals surface area contributed by atoms with Crippen molar-refractivity contribution in [1.29, 1.82) is 0 Å². The first-order chi connectivity index (χ1) is 5.83. The van der Waals surface area contributed by atoms with Crippen LogP contribution in [0.15, 0.2) is 24.3 Å². The molecule has 0 saturated heterocycles. The Morgan fingerprint density at radius 1 is 1.42 bits per heavy atom. The number of phenols is 1. The quantitative estimate of drug-likeness (QED) is 0.599. The molecule has 3 heteroatoms. The number of alkyl halides is 1. The number of rotatable bonds is 4. The third-order valence-corrected chi connectivity index (χ3v) is 2.84. The Kier molecular flexibility index (Phi) is 4.33. The summed E-state index contributed by atoms with van der Waals surface area (Å²) in [6, 6.07) is 7.31. The highest BCUT2D eigenvalue weighted by Gasteiger charge is 1.93. The van der Waals surface area contributed by atoms with E-state index in [2.05, 4.69) is 0 Å². The lowest BCUT2D eigenvalue weighted by atomic mass is 10.2. The van der Waals surface area contributed by atoms with E-state index in [1.807, 2.05) is 12.1 Å². The zero-order valence-corrected chi connectivity index (χ0v) is 8.24. The number of benzene rings is 1. The Hall–Kier alpha value is -0.340. The molecule has 0 fully saturated rings. The second-order valence-electron chi connectivity index (χ2n) is 2.41. The van der Waals surface area contributed by atoms with Gasteiger partial charge in [0.05, 0.1) is 0 Å². The first-order valence-corrected chi connectivity index (χ1v) is 5.43. The Morgan fingerprint density at radius 3 is 2.92 bits per heavy atom. The molecule has 0 unspecified atom stereocenters. The van der Waals surface area contributed by atoms with Crippen LogP contribution in [-0.4, -0.2) is 16.7 Å². The summed E-state index contributed by atoms with van der Waals surface area (Å²) in [5.41, 5.74) is 1.14. The topological polar surface area (TPSA) is 20.2 Å². The van der Waals surface area contributed by atoms with E-state index in [0.29, 0.717) is 11.6 Å². The molecule has 0 aromatic heterocycles. The second kappa shape index (κ2) is 5.33. The minimum absolute atomic E-state index is 0.332. The third kappa shape index (κ3) is 3.37. The monoisotopic (exact) mass is 202 g/mol. The van der Waals surface area contributed by atoms with E-state index in [-0.39, 0.29) is 0 Å². The number of hydrogen-bond donors (Lipinski definition) is 1. The van der Waals surface area contributed by atoms with Crippen LogP contribution in [0.4, 0.5) is 0 Å². The molecule has 66 valence electrons. The van der Waals surface area contributed by atoms with Crippen molar-refractivity contribution >= 4 is 23.4 Å². The van der Waals surface area contributed by atoms with Gasteiger partial charge >= 0.3 is 0 Å².